The molecule has 1 atom stereocenters. The molecule has 6 nitrogen and oxygen atoms in total. The Balaban J connectivity index is 2.09. The summed E-state index contributed by atoms with van der Waals surface area (Å²) >= 11 is 0. The topological polar surface area (TPSA) is 69.8 Å². The van der Waals surface area contributed by atoms with Gasteiger partial charge in [-0.2, -0.15) is 5.10 Å². The van der Waals surface area contributed by atoms with Gasteiger partial charge in [-0.3, -0.25) is 14.2 Å². The van der Waals surface area contributed by atoms with E-state index in [2.05, 4.69) is 10.1 Å². The molecule has 2 heterocycles. The zero-order valence-electron chi connectivity index (χ0n) is 14.5. The van der Waals surface area contributed by atoms with Gasteiger partial charge in [0.05, 0.1) is 18.6 Å². The second-order valence-corrected chi connectivity index (χ2v) is 6.35. The van der Waals surface area contributed by atoms with Gasteiger partial charge in [-0.25, -0.2) is 18.4 Å². The molecule has 0 aliphatic rings. The van der Waals surface area contributed by atoms with E-state index >= 15 is 0 Å². The van der Waals surface area contributed by atoms with Crippen LogP contribution in [0.1, 0.15) is 50.3 Å². The van der Waals surface area contributed by atoms with Crippen LogP contribution >= 0.6 is 0 Å². The van der Waals surface area contributed by atoms with Gasteiger partial charge in [-0.05, 0) is 18.4 Å². The standard InChI is InChI=1S/C17H22F2N4O2/c1-11(2)13-4-6-21-23(17(13)25)7-5-12(3)14-8-16(24)22(10-20-14)9-15(18)19/h4,6,8,10-12,15H,5,7,9H2,1-3H3. The second-order valence-electron chi connectivity index (χ2n) is 6.35. The molecule has 0 radical (unpaired) electrons. The van der Waals surface area contributed by atoms with Crippen molar-refractivity contribution in [1.29, 1.82) is 0 Å². The summed E-state index contributed by atoms with van der Waals surface area (Å²) in [6.45, 7) is 5.49. The molecule has 2 aromatic heterocycles. The fraction of sp³-hybridized carbons (Fsp3) is 0.529. The van der Waals surface area contributed by atoms with Gasteiger partial charge in [0.1, 0.15) is 0 Å². The molecule has 0 aliphatic heterocycles. The van der Waals surface area contributed by atoms with Gasteiger partial charge in [-0.15, -0.1) is 0 Å². The molecule has 0 amide bonds. The van der Waals surface area contributed by atoms with Crippen molar-refractivity contribution in [2.75, 3.05) is 0 Å². The van der Waals surface area contributed by atoms with Gasteiger partial charge >= 0.3 is 0 Å². The highest BCUT2D eigenvalue weighted by atomic mass is 19.3. The van der Waals surface area contributed by atoms with Crippen LogP contribution in [0.2, 0.25) is 0 Å². The van der Waals surface area contributed by atoms with Gasteiger partial charge in [0.15, 0.2) is 0 Å². The highest BCUT2D eigenvalue weighted by Crippen LogP contribution is 2.16. The lowest BCUT2D eigenvalue weighted by Gasteiger charge is -2.13. The van der Waals surface area contributed by atoms with E-state index in [0.29, 0.717) is 24.2 Å². The van der Waals surface area contributed by atoms with Crippen molar-refractivity contribution in [2.45, 2.75) is 58.5 Å². The van der Waals surface area contributed by atoms with Crippen molar-refractivity contribution >= 4 is 0 Å². The summed E-state index contributed by atoms with van der Waals surface area (Å²) in [5, 5.41) is 4.09. The van der Waals surface area contributed by atoms with Crippen LogP contribution in [0, 0.1) is 0 Å². The molecule has 2 aromatic rings. The van der Waals surface area contributed by atoms with Crippen molar-refractivity contribution in [3.05, 3.63) is 56.6 Å². The highest BCUT2D eigenvalue weighted by Gasteiger charge is 2.13. The summed E-state index contributed by atoms with van der Waals surface area (Å²) < 4.78 is 27.0. The molecule has 25 heavy (non-hydrogen) atoms. The number of alkyl halides is 2. The van der Waals surface area contributed by atoms with Gasteiger partial charge in [0.25, 0.3) is 17.5 Å². The minimum Gasteiger partial charge on any atom is -0.293 e. The number of nitrogens with zero attached hydrogens (tertiary/aromatic N) is 4. The van der Waals surface area contributed by atoms with E-state index < -0.39 is 18.5 Å². The van der Waals surface area contributed by atoms with E-state index in [1.807, 2.05) is 20.8 Å². The first-order valence-corrected chi connectivity index (χ1v) is 8.20. The molecule has 0 aliphatic carbocycles. The molecule has 2 rings (SSSR count). The van der Waals surface area contributed by atoms with Crippen molar-refractivity contribution in [2.24, 2.45) is 0 Å². The summed E-state index contributed by atoms with van der Waals surface area (Å²) in [6.07, 6.45) is 0.698. The summed E-state index contributed by atoms with van der Waals surface area (Å²) in [4.78, 5) is 28.3. The lowest BCUT2D eigenvalue weighted by Crippen LogP contribution is -2.27. The highest BCUT2D eigenvalue weighted by molar-refractivity contribution is 5.11. The van der Waals surface area contributed by atoms with Gasteiger partial charge in [0.2, 0.25) is 0 Å². The fourth-order valence-corrected chi connectivity index (χ4v) is 2.52. The summed E-state index contributed by atoms with van der Waals surface area (Å²) in [5.74, 6) is 0.00794. The molecular formula is C17H22F2N4O2. The summed E-state index contributed by atoms with van der Waals surface area (Å²) in [7, 11) is 0. The summed E-state index contributed by atoms with van der Waals surface area (Å²) in [6, 6.07) is 2.99. The number of hydrogen-bond donors (Lipinski definition) is 0. The van der Waals surface area contributed by atoms with E-state index in [0.717, 1.165) is 10.9 Å². The number of aromatic nitrogens is 4. The first-order valence-electron chi connectivity index (χ1n) is 8.20. The Morgan fingerprint density at radius 2 is 1.92 bits per heavy atom. The Labute approximate surface area is 144 Å². The maximum absolute atomic E-state index is 12.4. The number of halogens is 2. The monoisotopic (exact) mass is 352 g/mol. The molecule has 0 N–H and O–H groups in total. The van der Waals surface area contributed by atoms with Crippen LogP contribution < -0.4 is 11.1 Å². The molecule has 0 aromatic carbocycles. The smallest absolute Gasteiger partial charge is 0.270 e. The van der Waals surface area contributed by atoms with Crippen molar-refractivity contribution in [3.8, 4) is 0 Å². The van der Waals surface area contributed by atoms with Gasteiger partial charge in [0, 0.05) is 30.3 Å². The van der Waals surface area contributed by atoms with Crippen LogP contribution in [0.5, 0.6) is 0 Å². The summed E-state index contributed by atoms with van der Waals surface area (Å²) in [5.41, 5.74) is 0.596. The average molecular weight is 352 g/mol. The molecule has 0 spiro atoms. The maximum atomic E-state index is 12.4. The molecule has 8 heteroatoms. The largest absolute Gasteiger partial charge is 0.293 e. The van der Waals surface area contributed by atoms with Gasteiger partial charge in [-0.1, -0.05) is 20.8 Å². The number of rotatable bonds is 7. The van der Waals surface area contributed by atoms with Crippen LogP contribution in [0.25, 0.3) is 0 Å². The minimum absolute atomic E-state index is 0.106. The predicted octanol–water partition coefficient (Wildman–Crippen LogP) is 2.38. The second kappa shape index (κ2) is 8.13. The maximum Gasteiger partial charge on any atom is 0.270 e. The van der Waals surface area contributed by atoms with Crippen molar-refractivity contribution < 1.29 is 8.78 Å². The Morgan fingerprint density at radius 1 is 1.20 bits per heavy atom. The molecule has 0 saturated carbocycles. The first-order chi connectivity index (χ1) is 11.8. The zero-order chi connectivity index (χ0) is 18.6. The zero-order valence-corrected chi connectivity index (χ0v) is 14.5. The van der Waals surface area contributed by atoms with E-state index in [-0.39, 0.29) is 17.4 Å². The van der Waals surface area contributed by atoms with E-state index in [4.69, 9.17) is 0 Å². The molecule has 0 fully saturated rings. The van der Waals surface area contributed by atoms with E-state index in [9.17, 15) is 18.4 Å². The minimum atomic E-state index is -2.60. The molecule has 0 saturated heterocycles. The van der Waals surface area contributed by atoms with E-state index in [1.165, 1.54) is 10.7 Å². The molecular weight excluding hydrogens is 330 g/mol. The third-order valence-electron chi connectivity index (χ3n) is 4.08. The van der Waals surface area contributed by atoms with Gasteiger partial charge < -0.3 is 0 Å². The predicted molar refractivity (Wildman–Crippen MR) is 90.1 cm³/mol. The third kappa shape index (κ3) is 4.80. The van der Waals surface area contributed by atoms with Crippen LogP contribution in [-0.4, -0.2) is 25.8 Å². The quantitative estimate of drug-likeness (QED) is 0.767. The average Bonchev–Trinajstić information content (AvgIpc) is 2.54. The molecule has 136 valence electrons. The molecule has 0 bridgehead atoms. The Morgan fingerprint density at radius 3 is 2.52 bits per heavy atom. The van der Waals surface area contributed by atoms with Crippen LogP contribution in [0.15, 0.2) is 34.2 Å². The lowest BCUT2D eigenvalue weighted by atomic mass is 10.0. The third-order valence-corrected chi connectivity index (χ3v) is 4.08. The first kappa shape index (κ1) is 19.0. The normalized spacial score (nSPS) is 12.8. The van der Waals surface area contributed by atoms with E-state index in [1.54, 1.807) is 12.3 Å². The Hall–Kier alpha value is -2.38. The number of hydrogen-bond acceptors (Lipinski definition) is 4. The van der Waals surface area contributed by atoms with Crippen molar-refractivity contribution in [3.63, 3.8) is 0 Å². The Kier molecular flexibility index (Phi) is 6.17. The van der Waals surface area contributed by atoms with Crippen LogP contribution in [0.3, 0.4) is 0 Å². The lowest BCUT2D eigenvalue weighted by molar-refractivity contribution is 0.124. The van der Waals surface area contributed by atoms with Crippen molar-refractivity contribution in [1.82, 2.24) is 19.3 Å². The van der Waals surface area contributed by atoms with Crippen LogP contribution in [0.4, 0.5) is 8.78 Å². The molecule has 1 unspecified atom stereocenters. The Bertz CT molecular complexity index is 830. The fourth-order valence-electron chi connectivity index (χ4n) is 2.52. The number of aryl methyl sites for hydroxylation is 1. The SMILES string of the molecule is CC(C)c1ccnn(CCC(C)c2cc(=O)n(CC(F)F)cn2)c1=O. The van der Waals surface area contributed by atoms with Crippen LogP contribution in [-0.2, 0) is 13.1 Å².